The number of benzene rings is 4. The molecule has 5 aromatic rings. The molecule has 2 N–H and O–H groups in total. The molecule has 4 aromatic carbocycles. The summed E-state index contributed by atoms with van der Waals surface area (Å²) in [6, 6.07) is 28.2. The second-order valence-electron chi connectivity index (χ2n) is 12.9. The van der Waals surface area contributed by atoms with Crippen LogP contribution in [0.15, 0.2) is 101 Å². The number of fused-ring (bicyclic) bond motifs is 10. The number of H-pyrrole nitrogens is 1. The molecule has 3 fully saturated rings. The monoisotopic (exact) mass is 693 g/mol. The molecule has 11 heteroatoms. The molecule has 0 spiro atoms. The Bertz CT molecular complexity index is 2200. The third-order valence-corrected chi connectivity index (χ3v) is 13.3. The summed E-state index contributed by atoms with van der Waals surface area (Å²) in [6.07, 6.45) is 0.774. The number of rotatable bonds is 6. The number of imide groups is 1. The van der Waals surface area contributed by atoms with Crippen molar-refractivity contribution in [3.05, 3.63) is 116 Å². The van der Waals surface area contributed by atoms with Crippen LogP contribution < -0.4 is 19.8 Å². The zero-order valence-electron chi connectivity index (χ0n) is 25.3. The Morgan fingerprint density at radius 3 is 2.44 bits per heavy atom. The summed E-state index contributed by atoms with van der Waals surface area (Å²) in [6.45, 7) is -0.199. The van der Waals surface area contributed by atoms with Gasteiger partial charge in [0.15, 0.2) is 6.61 Å². The number of thiazole rings is 1. The van der Waals surface area contributed by atoms with Crippen molar-refractivity contribution in [1.82, 2.24) is 4.98 Å². The summed E-state index contributed by atoms with van der Waals surface area (Å²) >= 11 is 8.93. The molecule has 0 radical (unpaired) electrons. The first-order chi connectivity index (χ1) is 23.4. The number of nitrogens with zero attached hydrogens (tertiary/aromatic N) is 1. The number of hydrogen-bond acceptors (Lipinski definition) is 7. The number of amides is 3. The summed E-state index contributed by atoms with van der Waals surface area (Å²) in [4.78, 5) is 59.0. The van der Waals surface area contributed by atoms with Crippen LogP contribution in [0.4, 0.5) is 11.4 Å². The lowest BCUT2D eigenvalue weighted by Crippen LogP contribution is -2.42. The molecule has 3 heterocycles. The largest absolute Gasteiger partial charge is 0.483 e. The highest BCUT2D eigenvalue weighted by Gasteiger charge is 2.69. The van der Waals surface area contributed by atoms with Crippen LogP contribution in [0, 0.1) is 29.6 Å². The topological polar surface area (TPSA) is 109 Å². The lowest BCUT2D eigenvalue weighted by atomic mass is 9.68. The molecule has 9 rings (SSSR count). The van der Waals surface area contributed by atoms with E-state index in [-0.39, 0.29) is 58.1 Å². The van der Waals surface area contributed by atoms with Crippen LogP contribution in [0.5, 0.6) is 5.75 Å². The van der Waals surface area contributed by atoms with Crippen molar-refractivity contribution in [1.29, 1.82) is 0 Å². The van der Waals surface area contributed by atoms with Crippen molar-refractivity contribution in [2.24, 2.45) is 29.6 Å². The minimum atomic E-state index is -0.430. The van der Waals surface area contributed by atoms with Gasteiger partial charge in [0.1, 0.15) is 5.75 Å². The van der Waals surface area contributed by atoms with E-state index in [2.05, 4.69) is 10.3 Å². The Morgan fingerprint density at radius 2 is 1.62 bits per heavy atom. The van der Waals surface area contributed by atoms with Crippen molar-refractivity contribution < 1.29 is 19.1 Å². The van der Waals surface area contributed by atoms with E-state index in [0.717, 1.165) is 32.7 Å². The number of halogens is 1. The molecule has 1 aromatic heterocycles. The lowest BCUT2D eigenvalue weighted by molar-refractivity contribution is -0.123. The van der Waals surface area contributed by atoms with Gasteiger partial charge in [-0.2, -0.15) is 0 Å². The van der Waals surface area contributed by atoms with Crippen LogP contribution in [0.3, 0.4) is 0 Å². The average Bonchev–Trinajstić information content (AvgIpc) is 3.83. The van der Waals surface area contributed by atoms with Crippen LogP contribution in [-0.4, -0.2) is 34.6 Å². The van der Waals surface area contributed by atoms with Gasteiger partial charge in [0.05, 0.1) is 22.5 Å². The lowest BCUT2D eigenvalue weighted by Gasteiger charge is -2.43. The van der Waals surface area contributed by atoms with Crippen molar-refractivity contribution in [2.45, 2.75) is 22.6 Å². The zero-order chi connectivity index (χ0) is 32.7. The third-order valence-electron chi connectivity index (χ3n) is 10.5. The summed E-state index contributed by atoms with van der Waals surface area (Å²) in [5, 5.41) is 6.44. The predicted octanol–water partition coefficient (Wildman–Crippen LogP) is 6.94. The Morgan fingerprint density at radius 1 is 0.896 bits per heavy atom. The molecule has 2 aliphatic heterocycles. The smallest absolute Gasteiger partial charge is 0.305 e. The minimum absolute atomic E-state index is 0.00158. The minimum Gasteiger partial charge on any atom is -0.483 e. The van der Waals surface area contributed by atoms with Gasteiger partial charge in [-0.25, -0.2) is 0 Å². The third kappa shape index (κ3) is 4.64. The van der Waals surface area contributed by atoms with E-state index in [9.17, 15) is 19.2 Å². The number of thioether (sulfide) groups is 1. The van der Waals surface area contributed by atoms with Gasteiger partial charge in [-0.1, -0.05) is 71.5 Å². The van der Waals surface area contributed by atoms with Crippen molar-refractivity contribution >= 4 is 74.6 Å². The van der Waals surface area contributed by atoms with Crippen LogP contribution >= 0.6 is 34.7 Å². The maximum atomic E-state index is 14.0. The van der Waals surface area contributed by atoms with Gasteiger partial charge in [-0.05, 0) is 77.4 Å². The number of carbonyl (C=O) groups excluding carboxylic acids is 3. The number of aromatic nitrogens is 1. The fraction of sp³-hybridized carbons (Fsp3) is 0.243. The van der Waals surface area contributed by atoms with Gasteiger partial charge in [0.25, 0.3) is 5.91 Å². The van der Waals surface area contributed by atoms with Crippen molar-refractivity contribution in [3.8, 4) is 5.75 Å². The molecule has 240 valence electrons. The first kappa shape index (κ1) is 29.7. The fourth-order valence-electron chi connectivity index (χ4n) is 8.69. The highest BCUT2D eigenvalue weighted by molar-refractivity contribution is 8.00. The maximum Gasteiger partial charge on any atom is 0.305 e. The first-order valence-electron chi connectivity index (χ1n) is 15.9. The van der Waals surface area contributed by atoms with E-state index in [1.54, 1.807) is 36.0 Å². The molecule has 0 unspecified atom stereocenters. The molecule has 7 atom stereocenters. The van der Waals surface area contributed by atoms with Crippen LogP contribution in [0.1, 0.15) is 22.8 Å². The highest BCUT2D eigenvalue weighted by Crippen LogP contribution is 2.69. The maximum absolute atomic E-state index is 14.0. The molecule has 1 saturated heterocycles. The molecule has 2 saturated carbocycles. The van der Waals surface area contributed by atoms with E-state index in [1.807, 2.05) is 66.7 Å². The number of carbonyl (C=O) groups is 3. The Labute approximate surface area is 288 Å². The summed E-state index contributed by atoms with van der Waals surface area (Å²) < 4.78 is 6.23. The molecule has 48 heavy (non-hydrogen) atoms. The average molecular weight is 694 g/mol. The highest BCUT2D eigenvalue weighted by atomic mass is 35.5. The molecule has 3 amide bonds. The number of para-hydroxylation sites is 1. The number of ether oxygens (including phenoxy) is 1. The van der Waals surface area contributed by atoms with Gasteiger partial charge in [-0.3, -0.25) is 24.1 Å². The number of anilines is 2. The van der Waals surface area contributed by atoms with Crippen molar-refractivity contribution in [2.75, 3.05) is 16.8 Å². The van der Waals surface area contributed by atoms with Crippen LogP contribution in [-0.2, 0) is 14.4 Å². The first-order valence-corrected chi connectivity index (χ1v) is 18.0. The second-order valence-corrected chi connectivity index (χ2v) is 15.5. The van der Waals surface area contributed by atoms with Gasteiger partial charge in [-0.15, -0.1) is 11.8 Å². The molecule has 2 aliphatic carbocycles. The van der Waals surface area contributed by atoms with Crippen molar-refractivity contribution in [3.63, 3.8) is 0 Å². The quantitative estimate of drug-likeness (QED) is 0.187. The second kappa shape index (κ2) is 11.4. The summed E-state index contributed by atoms with van der Waals surface area (Å²) in [5.41, 5.74) is 2.10. The molecule has 8 nitrogen and oxygen atoms in total. The molecular formula is C37H28ClN3O5S2. The molecular weight excluding hydrogens is 666 g/mol. The standard InChI is InChI=1S/C37H28ClN3O5S2/c38-20-10-13-22(14-11-20)41-35(43)30-24-16-25(31(30)36(41)44)32-29(24)28(33-34(47-32)40-37(45)48-33)23-7-3-4-8-26(23)46-17-27(42)39-21-12-9-18-5-1-2-6-19(18)15-21/h1-15,24-25,28-32H,16-17H2,(H,39,42)(H,40,45)/t24-,25-,28+,29-,30+,31+,32-/m1/s1. The molecule has 2 bridgehead atoms. The zero-order valence-corrected chi connectivity index (χ0v) is 27.7. The number of aromatic amines is 1. The van der Waals surface area contributed by atoms with E-state index < -0.39 is 11.8 Å². The van der Waals surface area contributed by atoms with Crippen LogP contribution in [0.25, 0.3) is 10.8 Å². The summed E-state index contributed by atoms with van der Waals surface area (Å²) in [7, 11) is 0. The van der Waals surface area contributed by atoms with E-state index >= 15 is 0 Å². The number of hydrogen-bond donors (Lipinski definition) is 2. The fourth-order valence-corrected chi connectivity index (χ4v) is 11.7. The van der Waals surface area contributed by atoms with Gasteiger partial charge >= 0.3 is 4.87 Å². The van der Waals surface area contributed by atoms with Gasteiger partial charge in [0.2, 0.25) is 11.8 Å². The summed E-state index contributed by atoms with van der Waals surface area (Å²) in [5.74, 6) is -1.17. The van der Waals surface area contributed by atoms with E-state index in [1.165, 1.54) is 16.2 Å². The van der Waals surface area contributed by atoms with E-state index in [4.69, 9.17) is 16.3 Å². The van der Waals surface area contributed by atoms with E-state index in [0.29, 0.717) is 22.1 Å². The predicted molar refractivity (Wildman–Crippen MR) is 187 cm³/mol. The SMILES string of the molecule is O=C(COc1ccccc1[C@@H]1c2sc(=O)[nH]c2S[C@@H]2[C@@H]3C[C@@H]([C@@H]4C(=O)N(c5ccc(Cl)cc5)C(=O)[C@@H]34)[C@H]12)Nc1ccc2ccccc2c1. The van der Waals surface area contributed by atoms with Crippen LogP contribution in [0.2, 0.25) is 5.02 Å². The molecule has 4 aliphatic rings. The Hall–Kier alpha value is -4.38. The Balaban J connectivity index is 1.02. The normalized spacial score (nSPS) is 26.8. The Kier molecular flexibility index (Phi) is 7.04. The van der Waals surface area contributed by atoms with Gasteiger partial charge < -0.3 is 15.0 Å². The number of nitrogens with one attached hydrogen (secondary N) is 2. The van der Waals surface area contributed by atoms with Gasteiger partial charge in [0, 0.05) is 32.3 Å².